The Morgan fingerprint density at radius 2 is 2.07 bits per heavy atom. The van der Waals surface area contributed by atoms with Crippen molar-refractivity contribution in [3.63, 3.8) is 0 Å². The summed E-state index contributed by atoms with van der Waals surface area (Å²) >= 11 is 0. The van der Waals surface area contributed by atoms with Gasteiger partial charge in [-0.25, -0.2) is 4.79 Å². The fraction of sp³-hybridized carbons (Fsp3) is 0.455. The largest absolute Gasteiger partial charge is 0.507 e. The van der Waals surface area contributed by atoms with Crippen molar-refractivity contribution in [1.82, 2.24) is 0 Å². The zero-order valence-electron chi connectivity index (χ0n) is 17.0. The monoisotopic (exact) mass is 402 g/mol. The molecule has 3 atom stereocenters. The third-order valence-corrected chi connectivity index (χ3v) is 5.56. The van der Waals surface area contributed by atoms with Crippen LogP contribution >= 0.6 is 0 Å². The van der Waals surface area contributed by atoms with Crippen LogP contribution in [0.15, 0.2) is 35.4 Å². The predicted molar refractivity (Wildman–Crippen MR) is 105 cm³/mol. The number of allylic oxidation sites excluding steroid dienone is 1. The van der Waals surface area contributed by atoms with Crippen LogP contribution in [-0.2, 0) is 14.3 Å². The highest BCUT2D eigenvalue weighted by atomic mass is 16.6. The summed E-state index contributed by atoms with van der Waals surface area (Å²) in [6.45, 7) is 5.02. The Morgan fingerprint density at radius 3 is 2.69 bits per heavy atom. The third-order valence-electron chi connectivity index (χ3n) is 5.56. The minimum atomic E-state index is -1.76. The van der Waals surface area contributed by atoms with E-state index in [4.69, 9.17) is 14.2 Å². The molecule has 2 N–H and O–H groups in total. The lowest BCUT2D eigenvalue weighted by molar-refractivity contribution is -0.148. The number of methoxy groups -OCH3 is 1. The molecule has 1 heterocycles. The maximum absolute atomic E-state index is 13.1. The summed E-state index contributed by atoms with van der Waals surface area (Å²) in [5.74, 6) is -1.28. The number of Topliss-reactive ketones (excluding diaryl/α,β-unsaturated/α-hetero) is 1. The van der Waals surface area contributed by atoms with Gasteiger partial charge in [0.05, 0.1) is 19.8 Å². The first-order chi connectivity index (χ1) is 13.7. The van der Waals surface area contributed by atoms with Gasteiger partial charge in [0.15, 0.2) is 5.60 Å². The smallest absolute Gasteiger partial charge is 0.343 e. The van der Waals surface area contributed by atoms with Crippen molar-refractivity contribution in [1.29, 1.82) is 0 Å². The van der Waals surface area contributed by atoms with E-state index in [2.05, 4.69) is 0 Å². The second-order valence-corrected chi connectivity index (χ2v) is 7.55. The molecule has 0 aromatic heterocycles. The van der Waals surface area contributed by atoms with Gasteiger partial charge in [0.1, 0.15) is 23.2 Å². The van der Waals surface area contributed by atoms with Gasteiger partial charge in [0.2, 0.25) is 5.78 Å². The van der Waals surface area contributed by atoms with Crippen LogP contribution in [0.3, 0.4) is 0 Å². The Kier molecular flexibility index (Phi) is 5.82. The van der Waals surface area contributed by atoms with Gasteiger partial charge in [-0.15, -0.1) is 0 Å². The van der Waals surface area contributed by atoms with E-state index in [1.807, 2.05) is 19.1 Å². The maximum atomic E-state index is 13.1. The van der Waals surface area contributed by atoms with Gasteiger partial charge in [0.25, 0.3) is 0 Å². The molecule has 0 fully saturated rings. The van der Waals surface area contributed by atoms with Crippen molar-refractivity contribution in [2.24, 2.45) is 0 Å². The molecule has 1 aliphatic carbocycles. The van der Waals surface area contributed by atoms with Crippen LogP contribution in [-0.4, -0.2) is 53.5 Å². The Balaban J connectivity index is 1.88. The zero-order chi connectivity index (χ0) is 21.3. The molecular formula is C22H26O7. The number of rotatable bonds is 4. The molecular weight excluding hydrogens is 376 g/mol. The molecule has 1 aromatic carbocycles. The minimum absolute atomic E-state index is 0.0696. The second kappa shape index (κ2) is 8.00. The molecule has 1 aromatic rings. The molecule has 0 bridgehead atoms. The first kappa shape index (κ1) is 21.1. The summed E-state index contributed by atoms with van der Waals surface area (Å²) in [5.41, 5.74) is -0.120. The number of phenolic OH excluding ortho intramolecular Hbond substituents is 1. The molecule has 7 nitrogen and oxygen atoms in total. The van der Waals surface area contributed by atoms with Gasteiger partial charge in [-0.1, -0.05) is 17.7 Å². The molecule has 156 valence electrons. The van der Waals surface area contributed by atoms with Crippen molar-refractivity contribution in [3.8, 4) is 11.5 Å². The molecule has 2 aliphatic rings. The summed E-state index contributed by atoms with van der Waals surface area (Å²) in [6.07, 6.45) is 3.20. The van der Waals surface area contributed by atoms with E-state index < -0.39 is 23.5 Å². The lowest BCUT2D eigenvalue weighted by Crippen LogP contribution is -2.55. The molecule has 3 unspecified atom stereocenters. The Labute approximate surface area is 169 Å². The molecule has 7 heteroatoms. The molecule has 0 spiro atoms. The van der Waals surface area contributed by atoms with E-state index in [1.165, 1.54) is 20.1 Å². The number of aromatic hydroxyl groups is 1. The fourth-order valence-electron chi connectivity index (χ4n) is 3.84. The van der Waals surface area contributed by atoms with Crippen LogP contribution in [0.2, 0.25) is 0 Å². The third kappa shape index (κ3) is 3.80. The van der Waals surface area contributed by atoms with Gasteiger partial charge < -0.3 is 24.4 Å². The highest BCUT2D eigenvalue weighted by molar-refractivity contribution is 6.06. The maximum Gasteiger partial charge on any atom is 0.343 e. The molecule has 0 saturated heterocycles. The van der Waals surface area contributed by atoms with Crippen LogP contribution in [0.25, 0.3) is 0 Å². The number of carbonyl (C=O) groups is 2. The Bertz CT molecular complexity index is 875. The number of aryl methyl sites for hydroxylation is 1. The number of phenols is 1. The average molecular weight is 402 g/mol. The van der Waals surface area contributed by atoms with E-state index in [0.717, 1.165) is 5.57 Å². The number of ketones is 1. The molecule has 3 rings (SSSR count). The average Bonchev–Trinajstić information content (AvgIpc) is 2.66. The topological polar surface area (TPSA) is 102 Å². The van der Waals surface area contributed by atoms with E-state index in [1.54, 1.807) is 13.0 Å². The van der Waals surface area contributed by atoms with Gasteiger partial charge in [-0.05, 0) is 45.2 Å². The van der Waals surface area contributed by atoms with Crippen molar-refractivity contribution in [3.05, 3.63) is 46.6 Å². The summed E-state index contributed by atoms with van der Waals surface area (Å²) in [7, 11) is 1.45. The summed E-state index contributed by atoms with van der Waals surface area (Å²) < 4.78 is 16.3. The number of aliphatic hydroxyl groups excluding tert-OH is 1. The van der Waals surface area contributed by atoms with Gasteiger partial charge in [0, 0.05) is 11.6 Å². The van der Waals surface area contributed by atoms with Crippen LogP contribution in [0.1, 0.15) is 42.6 Å². The van der Waals surface area contributed by atoms with Crippen LogP contribution in [0, 0.1) is 6.92 Å². The van der Waals surface area contributed by atoms with Crippen LogP contribution in [0.4, 0.5) is 0 Å². The van der Waals surface area contributed by atoms with E-state index >= 15 is 0 Å². The number of ether oxygens (including phenoxy) is 3. The summed E-state index contributed by atoms with van der Waals surface area (Å²) in [6, 6.07) is 2.87. The first-order valence-electron chi connectivity index (χ1n) is 9.50. The number of carbonyl (C=O) groups excluding carboxylic acids is 2. The Hall–Kier alpha value is -2.64. The number of hydrogen-bond donors (Lipinski definition) is 2. The van der Waals surface area contributed by atoms with E-state index in [-0.39, 0.29) is 30.4 Å². The van der Waals surface area contributed by atoms with E-state index in [9.17, 15) is 19.8 Å². The predicted octanol–water partition coefficient (Wildman–Crippen LogP) is 2.62. The SMILES string of the molecule is CC=CC1CC2=C(CO1)C(=O)C(C)(OC(=O)c1c(C)cc(OC)cc1O)C(O)C2. The highest BCUT2D eigenvalue weighted by Gasteiger charge is 2.51. The minimum Gasteiger partial charge on any atom is -0.507 e. The van der Waals surface area contributed by atoms with E-state index in [0.29, 0.717) is 23.3 Å². The number of hydrogen-bond acceptors (Lipinski definition) is 7. The molecule has 0 radical (unpaired) electrons. The molecule has 1 aliphatic heterocycles. The summed E-state index contributed by atoms with van der Waals surface area (Å²) in [5, 5.41) is 20.9. The highest BCUT2D eigenvalue weighted by Crippen LogP contribution is 2.39. The normalized spacial score (nSPS) is 27.1. The fourth-order valence-corrected chi connectivity index (χ4v) is 3.84. The van der Waals surface area contributed by atoms with Crippen LogP contribution in [0.5, 0.6) is 11.5 Å². The number of esters is 1. The lowest BCUT2D eigenvalue weighted by atomic mass is 9.75. The van der Waals surface area contributed by atoms with Gasteiger partial charge in [-0.3, -0.25) is 4.79 Å². The molecule has 0 amide bonds. The van der Waals surface area contributed by atoms with Crippen molar-refractivity contribution < 1.29 is 34.0 Å². The van der Waals surface area contributed by atoms with Crippen LogP contribution < -0.4 is 4.74 Å². The van der Waals surface area contributed by atoms with Gasteiger partial charge in [-0.2, -0.15) is 0 Å². The van der Waals surface area contributed by atoms with Crippen molar-refractivity contribution in [2.45, 2.75) is 51.4 Å². The number of aliphatic hydroxyl groups is 1. The standard InChI is InChI=1S/C22H26O7/c1-5-6-14-8-13-9-18(24)22(3,20(25)16(13)11-28-14)29-21(26)19-12(2)7-15(27-4)10-17(19)23/h5-7,10,14,18,23-24H,8-9,11H2,1-4H3. The zero-order valence-corrected chi connectivity index (χ0v) is 17.0. The molecule has 29 heavy (non-hydrogen) atoms. The lowest BCUT2D eigenvalue weighted by Gasteiger charge is -2.40. The second-order valence-electron chi connectivity index (χ2n) is 7.55. The quantitative estimate of drug-likeness (QED) is 0.589. The first-order valence-corrected chi connectivity index (χ1v) is 9.50. The van der Waals surface area contributed by atoms with Crippen molar-refractivity contribution >= 4 is 11.8 Å². The molecule has 0 saturated carbocycles. The van der Waals surface area contributed by atoms with Gasteiger partial charge >= 0.3 is 5.97 Å². The van der Waals surface area contributed by atoms with Crippen molar-refractivity contribution in [2.75, 3.05) is 13.7 Å². The number of benzene rings is 1. The Morgan fingerprint density at radius 1 is 1.34 bits per heavy atom. The summed E-state index contributed by atoms with van der Waals surface area (Å²) in [4.78, 5) is 25.9.